The Morgan fingerprint density at radius 1 is 1.50 bits per heavy atom. The van der Waals surface area contributed by atoms with Gasteiger partial charge in [0.1, 0.15) is 0 Å². The van der Waals surface area contributed by atoms with E-state index in [1.54, 1.807) is 0 Å². The normalized spacial score (nSPS) is 21.6. The van der Waals surface area contributed by atoms with Gasteiger partial charge in [-0.05, 0) is 18.6 Å². The van der Waals surface area contributed by atoms with Crippen molar-refractivity contribution in [1.82, 2.24) is 0 Å². The maximum atomic E-state index is 9.42. The fraction of sp³-hybridized carbons (Fsp3) is 0.400. The van der Waals surface area contributed by atoms with E-state index in [2.05, 4.69) is 0 Å². The molecule has 0 bridgehead atoms. The minimum atomic E-state index is -0.259. The molecule has 1 fully saturated rings. The molecule has 1 saturated heterocycles. The number of anilines is 2. The SMILES string of the molecule is Nc1cccc(Cl)c1N1CC[C@H](O)C1. The summed E-state index contributed by atoms with van der Waals surface area (Å²) in [6.07, 6.45) is 0.524. The van der Waals surface area contributed by atoms with E-state index in [4.69, 9.17) is 17.3 Å². The first kappa shape index (κ1) is 9.62. The van der Waals surface area contributed by atoms with E-state index in [1.165, 1.54) is 0 Å². The molecule has 0 amide bonds. The van der Waals surface area contributed by atoms with Crippen molar-refractivity contribution in [2.45, 2.75) is 12.5 Å². The van der Waals surface area contributed by atoms with Crippen LogP contribution in [0.2, 0.25) is 5.02 Å². The van der Waals surface area contributed by atoms with Gasteiger partial charge in [-0.1, -0.05) is 17.7 Å². The lowest BCUT2D eigenvalue weighted by atomic mass is 10.2. The Morgan fingerprint density at radius 3 is 2.86 bits per heavy atom. The lowest BCUT2D eigenvalue weighted by Gasteiger charge is -2.21. The number of nitrogen functional groups attached to an aromatic ring is 1. The Labute approximate surface area is 88.1 Å². The summed E-state index contributed by atoms with van der Waals surface area (Å²) >= 11 is 6.05. The van der Waals surface area contributed by atoms with Crippen molar-refractivity contribution in [1.29, 1.82) is 0 Å². The van der Waals surface area contributed by atoms with Gasteiger partial charge in [0.25, 0.3) is 0 Å². The molecule has 1 atom stereocenters. The van der Waals surface area contributed by atoms with Crippen LogP contribution in [0.5, 0.6) is 0 Å². The topological polar surface area (TPSA) is 49.5 Å². The molecule has 0 spiro atoms. The second-order valence-electron chi connectivity index (χ2n) is 3.57. The van der Waals surface area contributed by atoms with Gasteiger partial charge in [-0.15, -0.1) is 0 Å². The van der Waals surface area contributed by atoms with Crippen molar-refractivity contribution in [3.05, 3.63) is 23.2 Å². The number of rotatable bonds is 1. The van der Waals surface area contributed by atoms with Gasteiger partial charge in [0.05, 0.1) is 22.5 Å². The van der Waals surface area contributed by atoms with E-state index in [0.717, 1.165) is 18.7 Å². The van der Waals surface area contributed by atoms with Crippen LogP contribution in [0.1, 0.15) is 6.42 Å². The first-order chi connectivity index (χ1) is 6.68. The maximum absolute atomic E-state index is 9.42. The van der Waals surface area contributed by atoms with Crippen LogP contribution in [-0.2, 0) is 0 Å². The summed E-state index contributed by atoms with van der Waals surface area (Å²) in [6, 6.07) is 5.47. The Kier molecular flexibility index (Phi) is 2.52. The lowest BCUT2D eigenvalue weighted by Crippen LogP contribution is -2.22. The Hall–Kier alpha value is -0.930. The van der Waals surface area contributed by atoms with E-state index in [9.17, 15) is 5.11 Å². The van der Waals surface area contributed by atoms with Crippen LogP contribution in [0, 0.1) is 0 Å². The highest BCUT2D eigenvalue weighted by atomic mass is 35.5. The molecule has 1 aromatic carbocycles. The highest BCUT2D eigenvalue weighted by Gasteiger charge is 2.23. The smallest absolute Gasteiger partial charge is 0.0790 e. The van der Waals surface area contributed by atoms with Crippen molar-refractivity contribution >= 4 is 23.0 Å². The fourth-order valence-corrected chi connectivity index (χ4v) is 2.11. The molecule has 14 heavy (non-hydrogen) atoms. The van der Waals surface area contributed by atoms with E-state index < -0.39 is 0 Å². The molecule has 2 rings (SSSR count). The monoisotopic (exact) mass is 212 g/mol. The van der Waals surface area contributed by atoms with E-state index in [-0.39, 0.29) is 6.10 Å². The Balaban J connectivity index is 2.31. The molecule has 0 aromatic heterocycles. The van der Waals surface area contributed by atoms with E-state index in [0.29, 0.717) is 17.3 Å². The van der Waals surface area contributed by atoms with Gasteiger partial charge >= 0.3 is 0 Å². The summed E-state index contributed by atoms with van der Waals surface area (Å²) in [5.74, 6) is 0. The molecule has 4 heteroatoms. The van der Waals surface area contributed by atoms with Gasteiger partial charge in [0.15, 0.2) is 0 Å². The minimum Gasteiger partial charge on any atom is -0.397 e. The van der Waals surface area contributed by atoms with Gasteiger partial charge in [-0.25, -0.2) is 0 Å². The first-order valence-electron chi connectivity index (χ1n) is 4.65. The van der Waals surface area contributed by atoms with E-state index >= 15 is 0 Å². The van der Waals surface area contributed by atoms with Crippen molar-refractivity contribution < 1.29 is 5.11 Å². The van der Waals surface area contributed by atoms with Crippen LogP contribution < -0.4 is 10.6 Å². The molecule has 1 aliphatic heterocycles. The molecular weight excluding hydrogens is 200 g/mol. The van der Waals surface area contributed by atoms with Crippen molar-refractivity contribution in [2.75, 3.05) is 23.7 Å². The molecule has 0 aliphatic carbocycles. The average Bonchev–Trinajstić information content (AvgIpc) is 2.51. The first-order valence-corrected chi connectivity index (χ1v) is 5.03. The second kappa shape index (κ2) is 3.67. The summed E-state index contributed by atoms with van der Waals surface area (Å²) in [6.45, 7) is 1.43. The third-order valence-corrected chi connectivity index (χ3v) is 2.80. The zero-order chi connectivity index (χ0) is 10.1. The zero-order valence-corrected chi connectivity index (χ0v) is 8.54. The number of hydrogen-bond acceptors (Lipinski definition) is 3. The molecule has 0 unspecified atom stereocenters. The summed E-state index contributed by atoms with van der Waals surface area (Å²) in [7, 11) is 0. The number of aliphatic hydroxyl groups excluding tert-OH is 1. The highest BCUT2D eigenvalue weighted by Crippen LogP contribution is 2.33. The van der Waals surface area contributed by atoms with Gasteiger partial charge in [0, 0.05) is 13.1 Å². The summed E-state index contributed by atoms with van der Waals surface area (Å²) in [4.78, 5) is 2.03. The van der Waals surface area contributed by atoms with Crippen molar-refractivity contribution in [2.24, 2.45) is 0 Å². The molecule has 3 nitrogen and oxygen atoms in total. The third-order valence-electron chi connectivity index (χ3n) is 2.50. The molecule has 1 aromatic rings. The number of nitrogens with zero attached hydrogens (tertiary/aromatic N) is 1. The maximum Gasteiger partial charge on any atom is 0.0790 e. The summed E-state index contributed by atoms with van der Waals surface area (Å²) in [5.41, 5.74) is 7.36. The second-order valence-corrected chi connectivity index (χ2v) is 3.97. The molecular formula is C10H13ClN2O. The lowest BCUT2D eigenvalue weighted by molar-refractivity contribution is 0.198. The Morgan fingerprint density at radius 2 is 2.29 bits per heavy atom. The average molecular weight is 213 g/mol. The predicted octanol–water partition coefficient (Wildman–Crippen LogP) is 1.49. The van der Waals surface area contributed by atoms with Crippen LogP contribution in [0.25, 0.3) is 0 Å². The molecule has 3 N–H and O–H groups in total. The number of nitrogens with two attached hydrogens (primary N) is 1. The fourth-order valence-electron chi connectivity index (χ4n) is 1.81. The van der Waals surface area contributed by atoms with Crippen LogP contribution in [0.3, 0.4) is 0 Å². The van der Waals surface area contributed by atoms with Gasteiger partial charge in [-0.3, -0.25) is 0 Å². The zero-order valence-electron chi connectivity index (χ0n) is 7.78. The minimum absolute atomic E-state index is 0.259. The predicted molar refractivity (Wildman–Crippen MR) is 58.7 cm³/mol. The van der Waals surface area contributed by atoms with Crippen LogP contribution in [0.4, 0.5) is 11.4 Å². The van der Waals surface area contributed by atoms with Gasteiger partial charge < -0.3 is 15.7 Å². The number of aliphatic hydroxyl groups is 1. The summed E-state index contributed by atoms with van der Waals surface area (Å²) < 4.78 is 0. The van der Waals surface area contributed by atoms with Crippen molar-refractivity contribution in [3.8, 4) is 0 Å². The van der Waals surface area contributed by atoms with E-state index in [1.807, 2.05) is 23.1 Å². The molecule has 1 heterocycles. The molecule has 1 aliphatic rings. The number of hydrogen-bond donors (Lipinski definition) is 2. The standard InChI is InChI=1S/C10H13ClN2O/c11-8-2-1-3-9(12)10(8)13-5-4-7(14)6-13/h1-3,7,14H,4-6,12H2/t7-/m0/s1. The Bertz CT molecular complexity index is 323. The van der Waals surface area contributed by atoms with Gasteiger partial charge in [0.2, 0.25) is 0 Å². The number of halogens is 1. The molecule has 0 saturated carbocycles. The highest BCUT2D eigenvalue weighted by molar-refractivity contribution is 6.34. The number of para-hydroxylation sites is 1. The summed E-state index contributed by atoms with van der Waals surface area (Å²) in [5, 5.41) is 10.1. The van der Waals surface area contributed by atoms with Crippen LogP contribution in [0.15, 0.2) is 18.2 Å². The number of benzene rings is 1. The van der Waals surface area contributed by atoms with Crippen LogP contribution in [-0.4, -0.2) is 24.3 Å². The van der Waals surface area contributed by atoms with Crippen molar-refractivity contribution in [3.63, 3.8) is 0 Å². The third kappa shape index (κ3) is 1.65. The molecule has 76 valence electrons. The largest absolute Gasteiger partial charge is 0.397 e. The van der Waals surface area contributed by atoms with Gasteiger partial charge in [-0.2, -0.15) is 0 Å². The number of β-amino-alcohol motifs (C(OH)–C–C–N with tert-alkyl or cyclic N) is 1. The molecule has 0 radical (unpaired) electrons. The van der Waals surface area contributed by atoms with Crippen LogP contribution >= 0.6 is 11.6 Å². The quantitative estimate of drug-likeness (QED) is 0.694.